The lowest BCUT2D eigenvalue weighted by atomic mass is 9.99. The summed E-state index contributed by atoms with van der Waals surface area (Å²) in [4.78, 5) is 20.9. The van der Waals surface area contributed by atoms with Crippen molar-refractivity contribution >= 4 is 11.9 Å². The zero-order chi connectivity index (χ0) is 19.9. The van der Waals surface area contributed by atoms with Gasteiger partial charge in [0, 0.05) is 5.69 Å². The Morgan fingerprint density at radius 2 is 1.71 bits per heavy atom. The zero-order valence-electron chi connectivity index (χ0n) is 16.0. The second-order valence-corrected chi connectivity index (χ2v) is 7.33. The fraction of sp³-hybridized carbons (Fsp3) is 0.476. The molecule has 150 valence electrons. The van der Waals surface area contributed by atoms with Gasteiger partial charge < -0.3 is 15.1 Å². The van der Waals surface area contributed by atoms with Crippen LogP contribution in [0.2, 0.25) is 0 Å². The minimum absolute atomic E-state index is 0.717. The van der Waals surface area contributed by atoms with Gasteiger partial charge in [-0.2, -0.15) is 5.10 Å². The molecule has 1 aromatic carbocycles. The first-order chi connectivity index (χ1) is 13.6. The normalized spacial score (nSPS) is 18.8. The second-order valence-electron chi connectivity index (χ2n) is 7.33. The van der Waals surface area contributed by atoms with Gasteiger partial charge in [0.25, 0.3) is 0 Å². The van der Waals surface area contributed by atoms with Crippen LogP contribution in [-0.2, 0) is 16.0 Å². The number of fused-ring (bicyclic) bond motifs is 1. The Labute approximate surface area is 164 Å². The van der Waals surface area contributed by atoms with Crippen LogP contribution < -0.4 is 0 Å². The first-order valence-electron chi connectivity index (χ1n) is 9.87. The number of para-hydroxylation sites is 1. The van der Waals surface area contributed by atoms with Crippen LogP contribution in [0.4, 0.5) is 0 Å². The van der Waals surface area contributed by atoms with Crippen molar-refractivity contribution in [2.24, 2.45) is 0 Å². The van der Waals surface area contributed by atoms with Gasteiger partial charge in [-0.25, -0.2) is 14.3 Å². The smallest absolute Gasteiger partial charge is 0.414 e. The molecule has 0 saturated carbocycles. The zero-order valence-corrected chi connectivity index (χ0v) is 16.0. The minimum Gasteiger partial charge on any atom is -0.473 e. The highest BCUT2D eigenvalue weighted by Gasteiger charge is 2.27. The van der Waals surface area contributed by atoms with E-state index in [0.717, 1.165) is 5.92 Å². The van der Waals surface area contributed by atoms with Gasteiger partial charge in [-0.05, 0) is 75.4 Å². The summed E-state index contributed by atoms with van der Waals surface area (Å²) in [5.41, 5.74) is 4.14. The summed E-state index contributed by atoms with van der Waals surface area (Å²) in [6.07, 6.45) is 10.1. The maximum Gasteiger partial charge on any atom is 0.414 e. The molecule has 0 spiro atoms. The lowest BCUT2D eigenvalue weighted by Gasteiger charge is -2.27. The van der Waals surface area contributed by atoms with Crippen LogP contribution in [0.5, 0.6) is 0 Å². The highest BCUT2D eigenvalue weighted by Crippen LogP contribution is 2.36. The van der Waals surface area contributed by atoms with E-state index in [1.54, 1.807) is 0 Å². The maximum atomic E-state index is 9.10. The molecule has 2 aromatic rings. The van der Waals surface area contributed by atoms with Crippen molar-refractivity contribution in [3.8, 4) is 5.69 Å². The number of nitrogens with zero attached hydrogens (tertiary/aromatic N) is 3. The third kappa shape index (κ3) is 4.98. The number of aliphatic carboxylic acids is 2. The summed E-state index contributed by atoms with van der Waals surface area (Å²) in [6, 6.07) is 10.5. The number of piperidine rings is 1. The van der Waals surface area contributed by atoms with Crippen LogP contribution in [0.3, 0.4) is 0 Å². The third-order valence-electron chi connectivity index (χ3n) is 5.50. The molecule has 2 aliphatic rings. The molecule has 1 aromatic heterocycles. The van der Waals surface area contributed by atoms with Gasteiger partial charge in [0.2, 0.25) is 0 Å². The average molecular weight is 385 g/mol. The molecular formula is C21H27N3O4. The van der Waals surface area contributed by atoms with Gasteiger partial charge in [-0.1, -0.05) is 24.6 Å². The molecule has 7 nitrogen and oxygen atoms in total. The summed E-state index contributed by atoms with van der Waals surface area (Å²) in [7, 11) is 0. The van der Waals surface area contributed by atoms with Crippen molar-refractivity contribution in [1.29, 1.82) is 0 Å². The van der Waals surface area contributed by atoms with E-state index in [2.05, 4.69) is 51.2 Å². The Balaban J connectivity index is 0.000000330. The van der Waals surface area contributed by atoms with Gasteiger partial charge in [-0.3, -0.25) is 0 Å². The fourth-order valence-corrected chi connectivity index (χ4v) is 4.06. The second kappa shape index (κ2) is 9.50. The molecular weight excluding hydrogens is 358 g/mol. The predicted octanol–water partition coefficient (Wildman–Crippen LogP) is 2.93. The Morgan fingerprint density at radius 1 is 1.04 bits per heavy atom. The number of hydrogen-bond acceptors (Lipinski definition) is 4. The number of carboxylic acids is 2. The van der Waals surface area contributed by atoms with E-state index >= 15 is 0 Å². The average Bonchev–Trinajstić information content (AvgIpc) is 3.30. The lowest BCUT2D eigenvalue weighted by molar-refractivity contribution is -0.159. The summed E-state index contributed by atoms with van der Waals surface area (Å²) in [5, 5.41) is 19.4. The topological polar surface area (TPSA) is 95.7 Å². The lowest BCUT2D eigenvalue weighted by Crippen LogP contribution is -2.31. The van der Waals surface area contributed by atoms with Crippen LogP contribution in [0.15, 0.2) is 36.5 Å². The Kier molecular flexibility index (Phi) is 6.81. The summed E-state index contributed by atoms with van der Waals surface area (Å²) in [6.45, 7) is 3.88. The molecule has 1 unspecified atom stereocenters. The van der Waals surface area contributed by atoms with Crippen LogP contribution in [0.1, 0.15) is 49.3 Å². The Morgan fingerprint density at radius 3 is 2.36 bits per heavy atom. The number of hydrogen-bond donors (Lipinski definition) is 2. The SMILES string of the molecule is O=C(O)C(=O)O.c1ccc(-n2ncc3c2CCC3CCN2CCCCC2)cc1. The highest BCUT2D eigenvalue weighted by atomic mass is 16.4. The number of carbonyl (C=O) groups is 2. The van der Waals surface area contributed by atoms with Crippen molar-refractivity contribution < 1.29 is 19.8 Å². The van der Waals surface area contributed by atoms with Gasteiger partial charge in [-0.15, -0.1) is 0 Å². The molecule has 7 heteroatoms. The molecule has 0 amide bonds. The largest absolute Gasteiger partial charge is 0.473 e. The fourth-order valence-electron chi connectivity index (χ4n) is 4.06. The van der Waals surface area contributed by atoms with Crippen LogP contribution in [-0.4, -0.2) is 56.5 Å². The van der Waals surface area contributed by atoms with Gasteiger partial charge in [0.1, 0.15) is 0 Å². The molecule has 1 saturated heterocycles. The summed E-state index contributed by atoms with van der Waals surface area (Å²) >= 11 is 0. The van der Waals surface area contributed by atoms with Crippen molar-refractivity contribution in [3.63, 3.8) is 0 Å². The van der Waals surface area contributed by atoms with Gasteiger partial charge in [0.05, 0.1) is 11.9 Å². The van der Waals surface area contributed by atoms with Crippen LogP contribution >= 0.6 is 0 Å². The van der Waals surface area contributed by atoms with Crippen LogP contribution in [0, 0.1) is 0 Å². The molecule has 1 aliphatic heterocycles. The molecule has 2 heterocycles. The molecule has 28 heavy (non-hydrogen) atoms. The first kappa shape index (κ1) is 20.1. The molecule has 2 N–H and O–H groups in total. The molecule has 4 rings (SSSR count). The van der Waals surface area contributed by atoms with E-state index in [4.69, 9.17) is 19.8 Å². The van der Waals surface area contributed by atoms with Crippen molar-refractivity contribution in [1.82, 2.24) is 14.7 Å². The minimum atomic E-state index is -1.82. The van der Waals surface area contributed by atoms with E-state index in [1.165, 1.54) is 75.1 Å². The number of likely N-dealkylation sites (tertiary alicyclic amines) is 1. The van der Waals surface area contributed by atoms with Crippen LogP contribution in [0.25, 0.3) is 5.69 Å². The van der Waals surface area contributed by atoms with Crippen molar-refractivity contribution in [3.05, 3.63) is 47.8 Å². The first-order valence-corrected chi connectivity index (χ1v) is 9.87. The van der Waals surface area contributed by atoms with Gasteiger partial charge >= 0.3 is 11.9 Å². The van der Waals surface area contributed by atoms with E-state index in [1.807, 2.05) is 0 Å². The van der Waals surface area contributed by atoms with E-state index in [9.17, 15) is 0 Å². The Hall–Kier alpha value is -2.67. The number of carboxylic acid groups (broad SMARTS) is 2. The predicted molar refractivity (Wildman–Crippen MR) is 105 cm³/mol. The maximum absolute atomic E-state index is 9.10. The third-order valence-corrected chi connectivity index (χ3v) is 5.50. The van der Waals surface area contributed by atoms with E-state index < -0.39 is 11.9 Å². The quantitative estimate of drug-likeness (QED) is 0.786. The molecule has 1 fully saturated rings. The number of benzene rings is 1. The van der Waals surface area contributed by atoms with Crippen molar-refractivity contribution in [2.45, 2.75) is 44.4 Å². The molecule has 0 bridgehead atoms. The Bertz CT molecular complexity index is 785. The standard InChI is InChI=1S/C19H25N3.C2H2O4/c1-3-7-17(8-4-1)22-19-10-9-16(18(19)15-20-22)11-14-21-12-5-2-6-13-21;3-1(4)2(5)6/h1,3-4,7-8,15-16H,2,5-6,9-14H2;(H,3,4)(H,5,6). The summed E-state index contributed by atoms with van der Waals surface area (Å²) in [5.74, 6) is -2.93. The molecule has 0 radical (unpaired) electrons. The number of rotatable bonds is 4. The van der Waals surface area contributed by atoms with Gasteiger partial charge in [0.15, 0.2) is 0 Å². The highest BCUT2D eigenvalue weighted by molar-refractivity contribution is 6.27. The monoisotopic (exact) mass is 385 g/mol. The van der Waals surface area contributed by atoms with E-state index in [-0.39, 0.29) is 0 Å². The summed E-state index contributed by atoms with van der Waals surface area (Å²) < 4.78 is 2.15. The molecule has 1 atom stereocenters. The number of aromatic nitrogens is 2. The molecule has 1 aliphatic carbocycles. The van der Waals surface area contributed by atoms with E-state index in [0.29, 0.717) is 0 Å². The van der Waals surface area contributed by atoms with Crippen molar-refractivity contribution in [2.75, 3.05) is 19.6 Å².